The summed E-state index contributed by atoms with van der Waals surface area (Å²) in [5.74, 6) is 0.0726. The lowest BCUT2D eigenvalue weighted by Gasteiger charge is -2.20. The molecule has 0 aliphatic carbocycles. The van der Waals surface area contributed by atoms with Gasteiger partial charge in [0, 0.05) is 13.0 Å². The average molecular weight is 316 g/mol. The summed E-state index contributed by atoms with van der Waals surface area (Å²) in [7, 11) is 0. The Labute approximate surface area is 134 Å². The number of amides is 2. The van der Waals surface area contributed by atoms with Crippen LogP contribution in [0.25, 0.3) is 0 Å². The van der Waals surface area contributed by atoms with Crippen molar-refractivity contribution in [1.82, 2.24) is 20.8 Å². The van der Waals surface area contributed by atoms with E-state index in [-0.39, 0.29) is 30.1 Å². The van der Waals surface area contributed by atoms with Gasteiger partial charge in [0.15, 0.2) is 5.82 Å². The maximum Gasteiger partial charge on any atom is 0.247 e. The highest BCUT2D eigenvalue weighted by Gasteiger charge is 2.23. The number of carbonyl (C=O) groups is 2. The Morgan fingerprint density at radius 1 is 1.17 bits per heavy atom. The van der Waals surface area contributed by atoms with Crippen molar-refractivity contribution < 1.29 is 14.1 Å². The number of carbonyl (C=O) groups excluding carboxylic acids is 2. The largest absolute Gasteiger partial charge is 0.352 e. The molecule has 2 N–H and O–H groups in total. The molecule has 1 aromatic carbocycles. The van der Waals surface area contributed by atoms with Crippen LogP contribution in [-0.4, -0.2) is 28.0 Å². The minimum Gasteiger partial charge on any atom is -0.352 e. The topological polar surface area (TPSA) is 97.1 Å². The predicted molar refractivity (Wildman–Crippen MR) is 83.3 cm³/mol. The van der Waals surface area contributed by atoms with Crippen LogP contribution in [0.15, 0.2) is 34.9 Å². The van der Waals surface area contributed by atoms with E-state index in [9.17, 15) is 9.59 Å². The smallest absolute Gasteiger partial charge is 0.247 e. The van der Waals surface area contributed by atoms with Gasteiger partial charge in [0.05, 0.1) is 6.42 Å². The van der Waals surface area contributed by atoms with Crippen molar-refractivity contribution in [3.05, 3.63) is 47.6 Å². The molecular formula is C16H20N4O3. The zero-order valence-electron chi connectivity index (χ0n) is 13.4. The van der Waals surface area contributed by atoms with Gasteiger partial charge in [-0.25, -0.2) is 0 Å². The van der Waals surface area contributed by atoms with Crippen LogP contribution in [0.3, 0.4) is 0 Å². The van der Waals surface area contributed by atoms with Crippen molar-refractivity contribution in [1.29, 1.82) is 0 Å². The number of benzene rings is 1. The van der Waals surface area contributed by atoms with Crippen LogP contribution in [0.2, 0.25) is 0 Å². The molecule has 0 saturated heterocycles. The van der Waals surface area contributed by atoms with Gasteiger partial charge in [-0.3, -0.25) is 9.59 Å². The van der Waals surface area contributed by atoms with Crippen LogP contribution in [-0.2, 0) is 16.0 Å². The van der Waals surface area contributed by atoms with Gasteiger partial charge in [0.2, 0.25) is 17.7 Å². The number of rotatable bonds is 6. The Morgan fingerprint density at radius 2 is 1.87 bits per heavy atom. The SMILES string of the molecule is Cc1nc(CC(=O)NC(C(=O)NC(C)C)c2ccccc2)no1. The standard InChI is InChI=1S/C16H20N4O3/c1-10(2)17-16(22)15(12-7-5-4-6-8-12)19-14(21)9-13-18-11(3)23-20-13/h4-8,10,15H,9H2,1-3H3,(H,17,22)(H,19,21). The van der Waals surface area contributed by atoms with E-state index in [1.807, 2.05) is 32.0 Å². The maximum atomic E-state index is 12.4. The second-order valence-corrected chi connectivity index (χ2v) is 5.48. The molecule has 1 atom stereocenters. The fraction of sp³-hybridized carbons (Fsp3) is 0.375. The van der Waals surface area contributed by atoms with Crippen LogP contribution >= 0.6 is 0 Å². The summed E-state index contributed by atoms with van der Waals surface area (Å²) in [5.41, 5.74) is 0.711. The summed E-state index contributed by atoms with van der Waals surface area (Å²) in [5, 5.41) is 9.22. The highest BCUT2D eigenvalue weighted by Crippen LogP contribution is 2.13. The molecule has 1 aromatic heterocycles. The quantitative estimate of drug-likeness (QED) is 0.837. The van der Waals surface area contributed by atoms with E-state index in [1.165, 1.54) is 0 Å². The van der Waals surface area contributed by atoms with Crippen LogP contribution < -0.4 is 10.6 Å². The van der Waals surface area contributed by atoms with Gasteiger partial charge in [-0.15, -0.1) is 0 Å². The molecule has 2 rings (SSSR count). The number of hydrogen-bond acceptors (Lipinski definition) is 5. The molecular weight excluding hydrogens is 296 g/mol. The number of nitrogens with one attached hydrogen (secondary N) is 2. The van der Waals surface area contributed by atoms with Crippen LogP contribution in [0.1, 0.15) is 37.2 Å². The summed E-state index contributed by atoms with van der Waals surface area (Å²) < 4.78 is 4.83. The second-order valence-electron chi connectivity index (χ2n) is 5.48. The zero-order valence-corrected chi connectivity index (χ0v) is 13.4. The van der Waals surface area contributed by atoms with Crippen molar-refractivity contribution in [2.45, 2.75) is 39.3 Å². The first-order chi connectivity index (χ1) is 11.0. The first-order valence-corrected chi connectivity index (χ1v) is 7.39. The Morgan fingerprint density at radius 3 is 2.43 bits per heavy atom. The first-order valence-electron chi connectivity index (χ1n) is 7.39. The van der Waals surface area contributed by atoms with Crippen LogP contribution in [0.4, 0.5) is 0 Å². The van der Waals surface area contributed by atoms with E-state index in [2.05, 4.69) is 20.8 Å². The van der Waals surface area contributed by atoms with Crippen molar-refractivity contribution in [2.75, 3.05) is 0 Å². The Bertz CT molecular complexity index is 667. The van der Waals surface area contributed by atoms with Crippen LogP contribution in [0.5, 0.6) is 0 Å². The molecule has 1 heterocycles. The molecule has 0 bridgehead atoms. The van der Waals surface area contributed by atoms with E-state index < -0.39 is 6.04 Å². The molecule has 122 valence electrons. The fourth-order valence-electron chi connectivity index (χ4n) is 2.08. The fourth-order valence-corrected chi connectivity index (χ4v) is 2.08. The molecule has 7 nitrogen and oxygen atoms in total. The average Bonchev–Trinajstić information content (AvgIpc) is 2.90. The Hall–Kier alpha value is -2.70. The highest BCUT2D eigenvalue weighted by molar-refractivity contribution is 5.89. The lowest BCUT2D eigenvalue weighted by atomic mass is 10.1. The normalized spacial score (nSPS) is 12.0. The molecule has 23 heavy (non-hydrogen) atoms. The predicted octanol–water partition coefficient (Wildman–Crippen LogP) is 1.30. The molecule has 1 unspecified atom stereocenters. The van der Waals surface area contributed by atoms with Gasteiger partial charge in [-0.2, -0.15) is 4.98 Å². The van der Waals surface area contributed by atoms with E-state index in [4.69, 9.17) is 4.52 Å². The summed E-state index contributed by atoms with van der Waals surface area (Å²) in [6.07, 6.45) is -0.0460. The summed E-state index contributed by atoms with van der Waals surface area (Å²) in [6, 6.07) is 8.29. The lowest BCUT2D eigenvalue weighted by molar-refractivity contribution is -0.129. The van der Waals surface area contributed by atoms with Gasteiger partial charge in [-0.05, 0) is 19.4 Å². The van der Waals surface area contributed by atoms with Gasteiger partial charge in [0.25, 0.3) is 0 Å². The molecule has 0 spiro atoms. The minimum absolute atomic E-state index is 0.0227. The van der Waals surface area contributed by atoms with Gasteiger partial charge in [-0.1, -0.05) is 35.5 Å². The maximum absolute atomic E-state index is 12.4. The molecule has 2 aromatic rings. The minimum atomic E-state index is -0.765. The molecule has 2 amide bonds. The Balaban J connectivity index is 2.10. The number of aromatic nitrogens is 2. The number of aryl methyl sites for hydroxylation is 1. The third-order valence-electron chi connectivity index (χ3n) is 3.02. The highest BCUT2D eigenvalue weighted by atomic mass is 16.5. The van der Waals surface area contributed by atoms with Crippen LogP contribution in [0, 0.1) is 6.92 Å². The van der Waals surface area contributed by atoms with Crippen molar-refractivity contribution in [2.24, 2.45) is 0 Å². The molecule has 0 saturated carbocycles. The summed E-state index contributed by atoms with van der Waals surface area (Å²) >= 11 is 0. The second kappa shape index (κ2) is 7.53. The number of nitrogens with zero attached hydrogens (tertiary/aromatic N) is 2. The molecule has 0 aliphatic rings. The lowest BCUT2D eigenvalue weighted by Crippen LogP contribution is -2.43. The molecule has 0 aliphatic heterocycles. The van der Waals surface area contributed by atoms with Crippen molar-refractivity contribution >= 4 is 11.8 Å². The first kappa shape index (κ1) is 16.7. The Kier molecular flexibility index (Phi) is 5.46. The van der Waals surface area contributed by atoms with Crippen molar-refractivity contribution in [3.8, 4) is 0 Å². The third kappa shape index (κ3) is 4.91. The monoisotopic (exact) mass is 316 g/mol. The van der Waals surface area contributed by atoms with E-state index >= 15 is 0 Å². The summed E-state index contributed by atoms with van der Waals surface area (Å²) in [4.78, 5) is 28.5. The number of hydrogen-bond donors (Lipinski definition) is 2. The van der Waals surface area contributed by atoms with E-state index in [0.29, 0.717) is 11.5 Å². The van der Waals surface area contributed by atoms with E-state index in [0.717, 1.165) is 0 Å². The molecule has 0 radical (unpaired) electrons. The van der Waals surface area contributed by atoms with Gasteiger partial charge in [0.1, 0.15) is 6.04 Å². The summed E-state index contributed by atoms with van der Waals surface area (Å²) in [6.45, 7) is 5.38. The molecule has 7 heteroatoms. The van der Waals surface area contributed by atoms with Gasteiger partial charge < -0.3 is 15.2 Å². The zero-order chi connectivity index (χ0) is 16.8. The van der Waals surface area contributed by atoms with E-state index in [1.54, 1.807) is 19.1 Å². The third-order valence-corrected chi connectivity index (χ3v) is 3.02. The van der Waals surface area contributed by atoms with Crippen molar-refractivity contribution in [3.63, 3.8) is 0 Å². The molecule has 0 fully saturated rings. The van der Waals surface area contributed by atoms with Gasteiger partial charge >= 0.3 is 0 Å².